The molecule has 1 aliphatic rings. The van der Waals surface area contributed by atoms with E-state index in [9.17, 15) is 4.79 Å². The van der Waals surface area contributed by atoms with Gasteiger partial charge in [-0.1, -0.05) is 43.7 Å². The lowest BCUT2D eigenvalue weighted by molar-refractivity contribution is 0.0387. The molecule has 0 aromatic heterocycles. The third-order valence-corrected chi connectivity index (χ3v) is 4.34. The summed E-state index contributed by atoms with van der Waals surface area (Å²) in [5.41, 5.74) is 2.39. The summed E-state index contributed by atoms with van der Waals surface area (Å²) in [7, 11) is 0. The molecule has 5 heteroatoms. The highest BCUT2D eigenvalue weighted by Crippen LogP contribution is 2.22. The molecule has 0 atom stereocenters. The topological polar surface area (TPSA) is 53.6 Å². The van der Waals surface area contributed by atoms with Gasteiger partial charge >= 0.3 is 6.03 Å². The van der Waals surface area contributed by atoms with Crippen molar-refractivity contribution in [1.29, 1.82) is 0 Å². The molecule has 2 amide bonds. The number of carbonyl (C=O) groups excluding carboxylic acids is 1. The van der Waals surface area contributed by atoms with E-state index < -0.39 is 0 Å². The van der Waals surface area contributed by atoms with Gasteiger partial charge in [0, 0.05) is 38.1 Å². The minimum Gasteiger partial charge on any atom is -0.379 e. The van der Waals surface area contributed by atoms with Crippen LogP contribution in [0, 0.1) is 6.92 Å². The number of rotatable bonds is 6. The van der Waals surface area contributed by atoms with Gasteiger partial charge in [-0.15, -0.1) is 0 Å². The second-order valence-corrected chi connectivity index (χ2v) is 6.81. The summed E-state index contributed by atoms with van der Waals surface area (Å²) in [5, 5.41) is 5.91. The molecule has 0 radical (unpaired) electrons. The summed E-state index contributed by atoms with van der Waals surface area (Å²) in [5.74, 6) is 0. The van der Waals surface area contributed by atoms with E-state index in [1.807, 2.05) is 0 Å². The molecule has 1 aromatic carbocycles. The first-order valence-corrected chi connectivity index (χ1v) is 8.36. The fourth-order valence-corrected chi connectivity index (χ4v) is 2.62. The predicted octanol–water partition coefficient (Wildman–Crippen LogP) is 1.90. The van der Waals surface area contributed by atoms with Crippen molar-refractivity contribution in [2.75, 3.05) is 45.9 Å². The molecule has 0 aliphatic carbocycles. The first-order valence-electron chi connectivity index (χ1n) is 8.36. The van der Waals surface area contributed by atoms with E-state index in [1.165, 1.54) is 11.1 Å². The maximum absolute atomic E-state index is 12.0. The van der Waals surface area contributed by atoms with Crippen molar-refractivity contribution < 1.29 is 9.53 Å². The van der Waals surface area contributed by atoms with Gasteiger partial charge < -0.3 is 15.4 Å². The van der Waals surface area contributed by atoms with Crippen LogP contribution in [0.5, 0.6) is 0 Å². The van der Waals surface area contributed by atoms with Gasteiger partial charge in [0.25, 0.3) is 0 Å². The molecule has 5 nitrogen and oxygen atoms in total. The molecule has 1 saturated heterocycles. The van der Waals surface area contributed by atoms with E-state index >= 15 is 0 Å². The number of ether oxygens (including phenoxy) is 1. The van der Waals surface area contributed by atoms with Gasteiger partial charge in [0.15, 0.2) is 0 Å². The van der Waals surface area contributed by atoms with Crippen molar-refractivity contribution in [3.05, 3.63) is 35.4 Å². The number of carbonyl (C=O) groups is 1. The Balaban J connectivity index is 1.69. The molecule has 0 spiro atoms. The number of nitrogens with one attached hydrogen (secondary N) is 2. The Morgan fingerprint density at radius 1 is 1.17 bits per heavy atom. The third kappa shape index (κ3) is 5.84. The van der Waals surface area contributed by atoms with Gasteiger partial charge in [-0.3, -0.25) is 4.90 Å². The smallest absolute Gasteiger partial charge is 0.314 e. The zero-order valence-corrected chi connectivity index (χ0v) is 14.5. The molecule has 23 heavy (non-hydrogen) atoms. The fourth-order valence-electron chi connectivity index (χ4n) is 2.62. The molecule has 2 rings (SSSR count). The lowest BCUT2D eigenvalue weighted by Crippen LogP contribution is -2.46. The van der Waals surface area contributed by atoms with Crippen LogP contribution in [-0.4, -0.2) is 56.9 Å². The summed E-state index contributed by atoms with van der Waals surface area (Å²) >= 11 is 0. The maximum Gasteiger partial charge on any atom is 0.314 e. The van der Waals surface area contributed by atoms with Crippen LogP contribution in [0.3, 0.4) is 0 Å². The predicted molar refractivity (Wildman–Crippen MR) is 92.9 cm³/mol. The summed E-state index contributed by atoms with van der Waals surface area (Å²) < 4.78 is 5.31. The van der Waals surface area contributed by atoms with E-state index in [4.69, 9.17) is 4.74 Å². The highest BCUT2D eigenvalue weighted by atomic mass is 16.5. The molecule has 1 heterocycles. The number of morpholine rings is 1. The molecular formula is C18H29N3O2. The first kappa shape index (κ1) is 17.8. The molecule has 0 unspecified atom stereocenters. The SMILES string of the molecule is Cc1ccc(C(C)(C)CNC(=O)NCCN2CCOCC2)cc1. The van der Waals surface area contributed by atoms with E-state index in [2.05, 4.69) is 60.6 Å². The van der Waals surface area contributed by atoms with E-state index in [1.54, 1.807) is 0 Å². The van der Waals surface area contributed by atoms with Crippen LogP contribution < -0.4 is 10.6 Å². The minimum absolute atomic E-state index is 0.0880. The number of hydrogen-bond donors (Lipinski definition) is 2. The van der Waals surface area contributed by atoms with Crippen LogP contribution >= 0.6 is 0 Å². The van der Waals surface area contributed by atoms with Crippen LogP contribution in [0.15, 0.2) is 24.3 Å². The molecule has 0 saturated carbocycles. The summed E-state index contributed by atoms with van der Waals surface area (Å²) in [6.45, 7) is 12.0. The second kappa shape index (κ2) is 8.31. The number of benzene rings is 1. The molecular weight excluding hydrogens is 290 g/mol. The van der Waals surface area contributed by atoms with E-state index in [0.29, 0.717) is 13.1 Å². The van der Waals surface area contributed by atoms with Gasteiger partial charge in [-0.25, -0.2) is 4.79 Å². The lowest BCUT2D eigenvalue weighted by Gasteiger charge is -2.27. The largest absolute Gasteiger partial charge is 0.379 e. The van der Waals surface area contributed by atoms with Crippen molar-refractivity contribution in [2.24, 2.45) is 0 Å². The fraction of sp³-hybridized carbons (Fsp3) is 0.611. The highest BCUT2D eigenvalue weighted by molar-refractivity contribution is 5.73. The summed E-state index contributed by atoms with van der Waals surface area (Å²) in [4.78, 5) is 14.3. The Morgan fingerprint density at radius 2 is 1.83 bits per heavy atom. The highest BCUT2D eigenvalue weighted by Gasteiger charge is 2.21. The number of hydrogen-bond acceptors (Lipinski definition) is 3. The van der Waals surface area contributed by atoms with Crippen LogP contribution in [0.25, 0.3) is 0 Å². The third-order valence-electron chi connectivity index (χ3n) is 4.34. The molecule has 1 fully saturated rings. The Bertz CT molecular complexity index is 493. The van der Waals surface area contributed by atoms with Gasteiger partial charge in [0.1, 0.15) is 0 Å². The standard InChI is InChI=1S/C18H29N3O2/c1-15-4-6-16(7-5-15)18(2,3)14-20-17(22)19-8-9-21-10-12-23-13-11-21/h4-7H,8-14H2,1-3H3,(H2,19,20,22). The zero-order valence-electron chi connectivity index (χ0n) is 14.5. The Morgan fingerprint density at radius 3 is 2.48 bits per heavy atom. The van der Waals surface area contributed by atoms with Crippen molar-refractivity contribution in [2.45, 2.75) is 26.2 Å². The summed E-state index contributed by atoms with van der Waals surface area (Å²) in [6.07, 6.45) is 0. The molecule has 1 aromatic rings. The van der Waals surface area contributed by atoms with Crippen molar-refractivity contribution in [3.8, 4) is 0 Å². The quantitative estimate of drug-likeness (QED) is 0.842. The summed E-state index contributed by atoms with van der Waals surface area (Å²) in [6, 6.07) is 8.39. The number of amides is 2. The van der Waals surface area contributed by atoms with E-state index in [0.717, 1.165) is 32.8 Å². The molecule has 2 N–H and O–H groups in total. The second-order valence-electron chi connectivity index (χ2n) is 6.81. The number of nitrogens with zero attached hydrogens (tertiary/aromatic N) is 1. The first-order chi connectivity index (χ1) is 11.0. The van der Waals surface area contributed by atoms with E-state index in [-0.39, 0.29) is 11.4 Å². The Kier molecular flexibility index (Phi) is 6.42. The van der Waals surface area contributed by atoms with Crippen LogP contribution in [0.4, 0.5) is 4.79 Å². The normalized spacial score (nSPS) is 16.1. The van der Waals surface area contributed by atoms with Crippen LogP contribution in [-0.2, 0) is 10.2 Å². The van der Waals surface area contributed by atoms with Gasteiger partial charge in [0.2, 0.25) is 0 Å². The minimum atomic E-state index is -0.0987. The van der Waals surface area contributed by atoms with Gasteiger partial charge in [-0.05, 0) is 12.5 Å². The number of urea groups is 1. The monoisotopic (exact) mass is 319 g/mol. The average Bonchev–Trinajstić information content (AvgIpc) is 2.54. The molecule has 0 bridgehead atoms. The van der Waals surface area contributed by atoms with Gasteiger partial charge in [0.05, 0.1) is 13.2 Å². The van der Waals surface area contributed by atoms with Crippen molar-refractivity contribution in [1.82, 2.24) is 15.5 Å². The number of aryl methyl sites for hydroxylation is 1. The molecule has 128 valence electrons. The van der Waals surface area contributed by atoms with Crippen molar-refractivity contribution in [3.63, 3.8) is 0 Å². The Hall–Kier alpha value is -1.59. The average molecular weight is 319 g/mol. The van der Waals surface area contributed by atoms with Gasteiger partial charge in [-0.2, -0.15) is 0 Å². The van der Waals surface area contributed by atoms with Crippen LogP contribution in [0.1, 0.15) is 25.0 Å². The van der Waals surface area contributed by atoms with Crippen LogP contribution in [0.2, 0.25) is 0 Å². The lowest BCUT2D eigenvalue weighted by atomic mass is 9.84. The zero-order chi connectivity index (χ0) is 16.7. The Labute approximate surface area is 139 Å². The molecule has 1 aliphatic heterocycles. The van der Waals surface area contributed by atoms with Crippen molar-refractivity contribution >= 4 is 6.03 Å². The maximum atomic E-state index is 12.0.